The van der Waals surface area contributed by atoms with Gasteiger partial charge in [-0.15, -0.1) is 22.9 Å². The van der Waals surface area contributed by atoms with Crippen molar-refractivity contribution in [2.45, 2.75) is 39.5 Å². The van der Waals surface area contributed by atoms with Gasteiger partial charge in [0, 0.05) is 17.5 Å². The third-order valence-corrected chi connectivity index (χ3v) is 3.41. The standard InChI is InChI=1S/C10H12.C5H11Cl.C3H4N2S/c1-2-3-7-10-8-5-4-6-9-10;1-2-3-4-5-6;4-3-5-1-2-6-3/h3-9H,2H2,1H3;2-5H2,1H3;1-2H,(H2,4,5). The van der Waals surface area contributed by atoms with Crippen LogP contribution in [0.15, 0.2) is 48.0 Å². The van der Waals surface area contributed by atoms with Crippen LogP contribution in [-0.2, 0) is 0 Å². The molecule has 2 N–H and O–H groups in total. The number of anilines is 1. The van der Waals surface area contributed by atoms with Gasteiger partial charge in [-0.25, -0.2) is 4.98 Å². The summed E-state index contributed by atoms with van der Waals surface area (Å²) in [4.78, 5) is 3.71. The summed E-state index contributed by atoms with van der Waals surface area (Å²) in [7, 11) is 0. The average Bonchev–Trinajstić information content (AvgIpc) is 3.04. The highest BCUT2D eigenvalue weighted by Gasteiger charge is 1.79. The van der Waals surface area contributed by atoms with E-state index < -0.39 is 0 Å². The molecule has 0 aliphatic rings. The monoisotopic (exact) mass is 338 g/mol. The van der Waals surface area contributed by atoms with E-state index >= 15 is 0 Å². The molecule has 0 atom stereocenters. The molecule has 0 fully saturated rings. The van der Waals surface area contributed by atoms with Crippen LogP contribution in [0, 0.1) is 0 Å². The Morgan fingerprint density at radius 1 is 1.18 bits per heavy atom. The third kappa shape index (κ3) is 13.7. The first-order chi connectivity index (χ1) is 10.7. The normalized spacial score (nSPS) is 9.59. The summed E-state index contributed by atoms with van der Waals surface area (Å²) in [6.45, 7) is 4.31. The van der Waals surface area contributed by atoms with E-state index in [1.165, 1.54) is 36.2 Å². The van der Waals surface area contributed by atoms with Gasteiger partial charge in [-0.2, -0.15) is 0 Å². The summed E-state index contributed by atoms with van der Waals surface area (Å²) in [5.74, 6) is 0.827. The second-order valence-corrected chi connectivity index (χ2v) is 5.79. The fraction of sp³-hybridized carbons (Fsp3) is 0.389. The van der Waals surface area contributed by atoms with E-state index in [4.69, 9.17) is 17.3 Å². The van der Waals surface area contributed by atoms with E-state index in [1.54, 1.807) is 6.20 Å². The Bertz CT molecular complexity index is 451. The summed E-state index contributed by atoms with van der Waals surface area (Å²) < 4.78 is 0. The summed E-state index contributed by atoms with van der Waals surface area (Å²) in [6, 6.07) is 10.3. The molecule has 2 nitrogen and oxygen atoms in total. The molecule has 0 spiro atoms. The van der Waals surface area contributed by atoms with Gasteiger partial charge in [0.15, 0.2) is 5.13 Å². The van der Waals surface area contributed by atoms with Crippen LogP contribution in [0.2, 0.25) is 0 Å². The molecule has 1 heterocycles. The van der Waals surface area contributed by atoms with Crippen molar-refractivity contribution in [1.29, 1.82) is 0 Å². The topological polar surface area (TPSA) is 38.9 Å². The second-order valence-electron chi connectivity index (χ2n) is 4.49. The predicted molar refractivity (Wildman–Crippen MR) is 103 cm³/mol. The minimum atomic E-state index is 0.634. The summed E-state index contributed by atoms with van der Waals surface area (Å²) in [5.41, 5.74) is 6.47. The number of allylic oxidation sites excluding steroid dienone is 1. The molecule has 22 heavy (non-hydrogen) atoms. The maximum absolute atomic E-state index is 5.38. The van der Waals surface area contributed by atoms with E-state index in [1.807, 2.05) is 11.4 Å². The molecule has 0 saturated carbocycles. The molecule has 2 rings (SSSR count). The number of halogens is 1. The quantitative estimate of drug-likeness (QED) is 0.516. The molecular weight excluding hydrogens is 312 g/mol. The van der Waals surface area contributed by atoms with Crippen molar-refractivity contribution in [3.8, 4) is 0 Å². The highest BCUT2D eigenvalue weighted by molar-refractivity contribution is 7.13. The van der Waals surface area contributed by atoms with Crippen molar-refractivity contribution in [2.75, 3.05) is 11.6 Å². The Hall–Kier alpha value is -1.32. The van der Waals surface area contributed by atoms with E-state index in [-0.39, 0.29) is 0 Å². The molecule has 0 amide bonds. The predicted octanol–water partition coefficient (Wildman–Crippen LogP) is 6.25. The number of nitrogen functional groups attached to an aromatic ring is 1. The van der Waals surface area contributed by atoms with Gasteiger partial charge < -0.3 is 5.73 Å². The number of unbranched alkanes of at least 4 members (excludes halogenated alkanes) is 2. The number of nitrogens with two attached hydrogens (primary N) is 1. The summed E-state index contributed by atoms with van der Waals surface area (Å²) in [6.07, 6.45) is 10.8. The maximum atomic E-state index is 5.38. The van der Waals surface area contributed by atoms with Gasteiger partial charge in [0.1, 0.15) is 0 Å². The van der Waals surface area contributed by atoms with E-state index in [0.29, 0.717) is 5.13 Å². The minimum absolute atomic E-state index is 0.634. The van der Waals surface area contributed by atoms with Crippen molar-refractivity contribution in [1.82, 2.24) is 4.98 Å². The molecule has 0 radical (unpaired) electrons. The van der Waals surface area contributed by atoms with Crippen LogP contribution in [-0.4, -0.2) is 10.9 Å². The number of alkyl halides is 1. The zero-order chi connectivity index (χ0) is 16.5. The number of benzene rings is 1. The highest BCUT2D eigenvalue weighted by Crippen LogP contribution is 2.02. The lowest BCUT2D eigenvalue weighted by atomic mass is 10.2. The first kappa shape index (κ1) is 20.7. The van der Waals surface area contributed by atoms with Crippen LogP contribution in [0.1, 0.15) is 45.1 Å². The molecular formula is C18H27ClN2S. The number of thiazole rings is 1. The lowest BCUT2D eigenvalue weighted by Gasteiger charge is -1.88. The Morgan fingerprint density at radius 2 is 1.91 bits per heavy atom. The number of aromatic nitrogens is 1. The van der Waals surface area contributed by atoms with Crippen molar-refractivity contribution in [2.24, 2.45) is 0 Å². The highest BCUT2D eigenvalue weighted by atomic mass is 35.5. The summed E-state index contributed by atoms with van der Waals surface area (Å²) in [5, 5.41) is 2.48. The third-order valence-electron chi connectivity index (χ3n) is 2.53. The van der Waals surface area contributed by atoms with E-state index in [2.05, 4.69) is 55.2 Å². The number of hydrogen-bond acceptors (Lipinski definition) is 3. The van der Waals surface area contributed by atoms with Crippen LogP contribution in [0.25, 0.3) is 6.08 Å². The lowest BCUT2D eigenvalue weighted by Crippen LogP contribution is -1.77. The average molecular weight is 339 g/mol. The SMILES string of the molecule is CCC=Cc1ccccc1.CCCCCCl.Nc1nccs1. The molecule has 0 unspecified atom stereocenters. The molecule has 2 aromatic rings. The molecule has 4 heteroatoms. The van der Waals surface area contributed by atoms with Gasteiger partial charge in [0.05, 0.1) is 0 Å². The Kier molecular flexibility index (Phi) is 15.1. The van der Waals surface area contributed by atoms with E-state index in [0.717, 1.165) is 12.3 Å². The Balaban J connectivity index is 0.000000319. The second kappa shape index (κ2) is 16.1. The number of hydrogen-bond donors (Lipinski definition) is 1. The molecule has 0 saturated heterocycles. The zero-order valence-electron chi connectivity index (χ0n) is 13.5. The molecule has 0 aliphatic heterocycles. The van der Waals surface area contributed by atoms with Crippen molar-refractivity contribution >= 4 is 34.1 Å². The van der Waals surface area contributed by atoms with Crippen molar-refractivity contribution in [3.05, 3.63) is 53.5 Å². The molecule has 122 valence electrons. The lowest BCUT2D eigenvalue weighted by molar-refractivity contribution is 0.776. The smallest absolute Gasteiger partial charge is 0.179 e. The van der Waals surface area contributed by atoms with Crippen LogP contribution in [0.3, 0.4) is 0 Å². The first-order valence-electron chi connectivity index (χ1n) is 7.67. The first-order valence-corrected chi connectivity index (χ1v) is 9.08. The summed E-state index contributed by atoms with van der Waals surface area (Å²) >= 11 is 6.82. The van der Waals surface area contributed by atoms with Gasteiger partial charge in [0.2, 0.25) is 0 Å². The zero-order valence-corrected chi connectivity index (χ0v) is 15.1. The fourth-order valence-electron chi connectivity index (χ4n) is 1.40. The van der Waals surface area contributed by atoms with Gasteiger partial charge in [-0.05, 0) is 18.4 Å². The maximum Gasteiger partial charge on any atom is 0.179 e. The van der Waals surface area contributed by atoms with Crippen LogP contribution < -0.4 is 5.73 Å². The molecule has 1 aromatic heterocycles. The van der Waals surface area contributed by atoms with Crippen molar-refractivity contribution in [3.63, 3.8) is 0 Å². The van der Waals surface area contributed by atoms with Crippen LogP contribution in [0.4, 0.5) is 5.13 Å². The van der Waals surface area contributed by atoms with Crippen LogP contribution >= 0.6 is 22.9 Å². The van der Waals surface area contributed by atoms with Crippen LogP contribution in [0.5, 0.6) is 0 Å². The van der Waals surface area contributed by atoms with Gasteiger partial charge in [-0.3, -0.25) is 0 Å². The number of nitrogens with zero attached hydrogens (tertiary/aromatic N) is 1. The minimum Gasteiger partial charge on any atom is -0.375 e. The molecule has 1 aromatic carbocycles. The van der Waals surface area contributed by atoms with E-state index in [9.17, 15) is 0 Å². The molecule has 0 bridgehead atoms. The Morgan fingerprint density at radius 3 is 2.27 bits per heavy atom. The van der Waals surface area contributed by atoms with Gasteiger partial charge in [-0.1, -0.05) is 69.2 Å². The molecule has 0 aliphatic carbocycles. The fourth-order valence-corrected chi connectivity index (χ4v) is 1.97. The van der Waals surface area contributed by atoms with Gasteiger partial charge >= 0.3 is 0 Å². The van der Waals surface area contributed by atoms with Gasteiger partial charge in [0.25, 0.3) is 0 Å². The largest absolute Gasteiger partial charge is 0.375 e. The Labute approximate surface area is 144 Å². The van der Waals surface area contributed by atoms with Crippen molar-refractivity contribution < 1.29 is 0 Å². The number of rotatable bonds is 5.